The molecule has 102 valence electrons. The van der Waals surface area contributed by atoms with Gasteiger partial charge in [0.15, 0.2) is 5.82 Å². The lowest BCUT2D eigenvalue weighted by Gasteiger charge is -2.11. The molecule has 0 amide bonds. The van der Waals surface area contributed by atoms with E-state index < -0.39 is 6.10 Å². The van der Waals surface area contributed by atoms with Crippen LogP contribution in [0.4, 0.5) is 0 Å². The van der Waals surface area contributed by atoms with Crippen molar-refractivity contribution in [2.75, 3.05) is 0 Å². The molecular weight excluding hydrogens is 264 g/mol. The summed E-state index contributed by atoms with van der Waals surface area (Å²) in [4.78, 5) is 4.33. The van der Waals surface area contributed by atoms with Crippen molar-refractivity contribution in [3.8, 4) is 0 Å². The van der Waals surface area contributed by atoms with Gasteiger partial charge in [-0.2, -0.15) is 4.98 Å². The van der Waals surface area contributed by atoms with Crippen LogP contribution in [-0.4, -0.2) is 21.4 Å². The van der Waals surface area contributed by atoms with Crippen LogP contribution in [0, 0.1) is 0 Å². The molecule has 0 aliphatic carbocycles. The lowest BCUT2D eigenvalue weighted by atomic mass is 10.0. The van der Waals surface area contributed by atoms with Crippen LogP contribution in [0.3, 0.4) is 0 Å². The highest BCUT2D eigenvalue weighted by molar-refractivity contribution is 6.30. The Bertz CT molecular complexity index is 524. The Balaban J connectivity index is 2.07. The van der Waals surface area contributed by atoms with Crippen LogP contribution in [0.15, 0.2) is 28.8 Å². The maximum Gasteiger partial charge on any atom is 0.232 e. The van der Waals surface area contributed by atoms with Crippen LogP contribution in [0.25, 0.3) is 0 Å². The van der Waals surface area contributed by atoms with Crippen molar-refractivity contribution in [2.24, 2.45) is 0 Å². The molecule has 1 aromatic carbocycles. The van der Waals surface area contributed by atoms with E-state index in [9.17, 15) is 5.11 Å². The summed E-state index contributed by atoms with van der Waals surface area (Å²) in [6.45, 7) is 3.81. The summed E-state index contributed by atoms with van der Waals surface area (Å²) < 4.78 is 5.20. The standard InChI is InChI=1S/C14H17ClN2O2/c1-3-12(18)9(2)14-16-13(17-19-14)8-10-4-6-11(15)7-5-10/h4-7,9,12,18H,3,8H2,1-2H3. The van der Waals surface area contributed by atoms with Gasteiger partial charge in [0.2, 0.25) is 5.89 Å². The zero-order valence-electron chi connectivity index (χ0n) is 11.0. The molecule has 0 fully saturated rings. The SMILES string of the molecule is CCC(O)C(C)c1nc(Cc2ccc(Cl)cc2)no1. The van der Waals surface area contributed by atoms with E-state index >= 15 is 0 Å². The lowest BCUT2D eigenvalue weighted by Crippen LogP contribution is -2.14. The molecule has 19 heavy (non-hydrogen) atoms. The van der Waals surface area contributed by atoms with Crippen LogP contribution >= 0.6 is 11.6 Å². The van der Waals surface area contributed by atoms with Gasteiger partial charge in [0.05, 0.1) is 12.0 Å². The molecule has 2 rings (SSSR count). The normalized spacial score (nSPS) is 14.3. The van der Waals surface area contributed by atoms with Gasteiger partial charge in [-0.1, -0.05) is 42.7 Å². The van der Waals surface area contributed by atoms with Crippen molar-refractivity contribution in [3.63, 3.8) is 0 Å². The monoisotopic (exact) mass is 280 g/mol. The maximum atomic E-state index is 9.77. The van der Waals surface area contributed by atoms with Crippen molar-refractivity contribution >= 4 is 11.6 Å². The minimum atomic E-state index is -0.455. The molecule has 0 saturated carbocycles. The first-order chi connectivity index (χ1) is 9.10. The van der Waals surface area contributed by atoms with E-state index in [-0.39, 0.29) is 5.92 Å². The van der Waals surface area contributed by atoms with Crippen LogP contribution in [0.2, 0.25) is 5.02 Å². The fourth-order valence-corrected chi connectivity index (χ4v) is 1.95. The van der Waals surface area contributed by atoms with E-state index in [0.29, 0.717) is 29.6 Å². The number of aliphatic hydroxyl groups excluding tert-OH is 1. The second kappa shape index (κ2) is 6.17. The summed E-state index contributed by atoms with van der Waals surface area (Å²) in [7, 11) is 0. The molecule has 0 bridgehead atoms. The molecule has 0 spiro atoms. The third kappa shape index (κ3) is 3.55. The Hall–Kier alpha value is -1.39. The summed E-state index contributed by atoms with van der Waals surface area (Å²) in [5, 5.41) is 14.4. The Morgan fingerprint density at radius 2 is 2.00 bits per heavy atom. The molecule has 5 heteroatoms. The van der Waals surface area contributed by atoms with E-state index in [1.165, 1.54) is 0 Å². The summed E-state index contributed by atoms with van der Waals surface area (Å²) in [5.74, 6) is 0.960. The predicted octanol–water partition coefficient (Wildman–Crippen LogP) is 3.19. The maximum absolute atomic E-state index is 9.77. The Labute approximate surface area is 117 Å². The largest absolute Gasteiger partial charge is 0.392 e. The number of hydrogen-bond donors (Lipinski definition) is 1. The van der Waals surface area contributed by atoms with E-state index in [4.69, 9.17) is 16.1 Å². The van der Waals surface area contributed by atoms with E-state index in [0.717, 1.165) is 5.56 Å². The zero-order valence-corrected chi connectivity index (χ0v) is 11.8. The van der Waals surface area contributed by atoms with Crippen LogP contribution in [-0.2, 0) is 6.42 Å². The Morgan fingerprint density at radius 1 is 1.32 bits per heavy atom. The number of halogens is 1. The third-order valence-electron chi connectivity index (χ3n) is 3.14. The molecule has 2 aromatic rings. The van der Waals surface area contributed by atoms with E-state index in [1.54, 1.807) is 0 Å². The van der Waals surface area contributed by atoms with Gasteiger partial charge in [-0.3, -0.25) is 0 Å². The highest BCUT2D eigenvalue weighted by Crippen LogP contribution is 2.20. The Kier molecular flexibility index (Phi) is 4.56. The molecular formula is C14H17ClN2O2. The molecule has 0 saturated heterocycles. The summed E-state index contributed by atoms with van der Waals surface area (Å²) in [5.41, 5.74) is 1.07. The molecule has 1 aromatic heterocycles. The number of benzene rings is 1. The minimum absolute atomic E-state index is 0.142. The number of aliphatic hydroxyl groups is 1. The van der Waals surface area contributed by atoms with Gasteiger partial charge in [0.25, 0.3) is 0 Å². The van der Waals surface area contributed by atoms with Crippen molar-refractivity contribution in [2.45, 2.75) is 38.7 Å². The number of rotatable bonds is 5. The molecule has 1 heterocycles. The first-order valence-electron chi connectivity index (χ1n) is 6.35. The first kappa shape index (κ1) is 14.0. The topological polar surface area (TPSA) is 59.2 Å². The van der Waals surface area contributed by atoms with Gasteiger partial charge in [0, 0.05) is 11.4 Å². The third-order valence-corrected chi connectivity index (χ3v) is 3.40. The molecule has 2 unspecified atom stereocenters. The predicted molar refractivity (Wildman–Crippen MR) is 73.3 cm³/mol. The lowest BCUT2D eigenvalue weighted by molar-refractivity contribution is 0.129. The van der Waals surface area contributed by atoms with E-state index in [1.807, 2.05) is 38.1 Å². The highest BCUT2D eigenvalue weighted by atomic mass is 35.5. The fraction of sp³-hybridized carbons (Fsp3) is 0.429. The van der Waals surface area contributed by atoms with Gasteiger partial charge in [-0.05, 0) is 24.1 Å². The molecule has 4 nitrogen and oxygen atoms in total. The average Bonchev–Trinajstić information content (AvgIpc) is 2.88. The van der Waals surface area contributed by atoms with Crippen molar-refractivity contribution in [1.82, 2.24) is 10.1 Å². The van der Waals surface area contributed by atoms with Crippen LogP contribution in [0.5, 0.6) is 0 Å². The smallest absolute Gasteiger partial charge is 0.232 e. The summed E-state index contributed by atoms with van der Waals surface area (Å²) in [6, 6.07) is 7.54. The van der Waals surface area contributed by atoms with Gasteiger partial charge in [0.1, 0.15) is 0 Å². The minimum Gasteiger partial charge on any atom is -0.392 e. The second-order valence-corrected chi connectivity index (χ2v) is 5.05. The van der Waals surface area contributed by atoms with Gasteiger partial charge < -0.3 is 9.63 Å². The Morgan fingerprint density at radius 3 is 2.63 bits per heavy atom. The highest BCUT2D eigenvalue weighted by Gasteiger charge is 2.20. The zero-order chi connectivity index (χ0) is 13.8. The second-order valence-electron chi connectivity index (χ2n) is 4.62. The average molecular weight is 281 g/mol. The quantitative estimate of drug-likeness (QED) is 0.914. The van der Waals surface area contributed by atoms with Gasteiger partial charge in [-0.25, -0.2) is 0 Å². The van der Waals surface area contributed by atoms with Crippen LogP contribution < -0.4 is 0 Å². The van der Waals surface area contributed by atoms with Crippen molar-refractivity contribution < 1.29 is 9.63 Å². The fourth-order valence-electron chi connectivity index (χ4n) is 1.83. The molecule has 0 radical (unpaired) electrons. The number of hydrogen-bond acceptors (Lipinski definition) is 4. The van der Waals surface area contributed by atoms with Crippen LogP contribution in [0.1, 0.15) is 43.5 Å². The number of aromatic nitrogens is 2. The van der Waals surface area contributed by atoms with E-state index in [2.05, 4.69) is 10.1 Å². The van der Waals surface area contributed by atoms with Gasteiger partial charge >= 0.3 is 0 Å². The summed E-state index contributed by atoms with van der Waals surface area (Å²) >= 11 is 5.83. The molecule has 2 atom stereocenters. The van der Waals surface area contributed by atoms with Gasteiger partial charge in [-0.15, -0.1) is 0 Å². The number of nitrogens with zero attached hydrogens (tertiary/aromatic N) is 2. The van der Waals surface area contributed by atoms with Crippen molar-refractivity contribution in [3.05, 3.63) is 46.6 Å². The first-order valence-corrected chi connectivity index (χ1v) is 6.73. The van der Waals surface area contributed by atoms with Crippen molar-refractivity contribution in [1.29, 1.82) is 0 Å². The molecule has 0 aliphatic rings. The molecule has 0 aliphatic heterocycles. The summed E-state index contributed by atoms with van der Waals surface area (Å²) in [6.07, 6.45) is 0.801. The molecule has 1 N–H and O–H groups in total.